The summed E-state index contributed by atoms with van der Waals surface area (Å²) in [6, 6.07) is 14.4. The summed E-state index contributed by atoms with van der Waals surface area (Å²) in [7, 11) is 3.81. The van der Waals surface area contributed by atoms with Crippen LogP contribution in [0.3, 0.4) is 0 Å². The molecule has 0 unspecified atom stereocenters. The Hall–Kier alpha value is -3.82. The van der Waals surface area contributed by atoms with Crippen molar-refractivity contribution in [1.82, 2.24) is 9.97 Å². The van der Waals surface area contributed by atoms with E-state index in [1.807, 2.05) is 62.3 Å². The Morgan fingerprint density at radius 3 is 2.27 bits per heavy atom. The van der Waals surface area contributed by atoms with E-state index >= 15 is 0 Å². The predicted octanol–water partition coefficient (Wildman–Crippen LogP) is 5.10. The monoisotopic (exact) mass is 456 g/mol. The fourth-order valence-corrected chi connectivity index (χ4v) is 3.48. The maximum atomic E-state index is 13.6. The fraction of sp³-hybridized carbons (Fsp3) is 0.261. The zero-order valence-corrected chi connectivity index (χ0v) is 18.4. The molecule has 0 bridgehead atoms. The molecule has 4 rings (SSSR count). The second kappa shape index (κ2) is 8.61. The van der Waals surface area contributed by atoms with Crippen LogP contribution in [0, 0.1) is 6.92 Å². The third-order valence-electron chi connectivity index (χ3n) is 5.22. The van der Waals surface area contributed by atoms with Gasteiger partial charge in [0, 0.05) is 37.2 Å². The number of aryl methyl sites for hydroxylation is 1. The van der Waals surface area contributed by atoms with Crippen LogP contribution in [0.4, 0.5) is 46.8 Å². The maximum Gasteiger partial charge on any atom is 0.405 e. The minimum atomic E-state index is -4.42. The van der Waals surface area contributed by atoms with Crippen LogP contribution < -0.4 is 20.0 Å². The van der Waals surface area contributed by atoms with Crippen molar-refractivity contribution >= 4 is 34.9 Å². The molecule has 7 nitrogen and oxygen atoms in total. The molecule has 0 fully saturated rings. The summed E-state index contributed by atoms with van der Waals surface area (Å²) in [6.07, 6.45) is -2.96. The van der Waals surface area contributed by atoms with Crippen molar-refractivity contribution in [1.29, 1.82) is 0 Å². The summed E-state index contributed by atoms with van der Waals surface area (Å²) in [4.78, 5) is 26.8. The van der Waals surface area contributed by atoms with Gasteiger partial charge in [0.2, 0.25) is 5.95 Å². The number of nitrogens with one attached hydrogen (secondary N) is 1. The highest BCUT2D eigenvalue weighted by atomic mass is 19.4. The molecule has 33 heavy (non-hydrogen) atoms. The van der Waals surface area contributed by atoms with Gasteiger partial charge >= 0.3 is 12.2 Å². The minimum Gasteiger partial charge on any atom is -0.378 e. The Labute approximate surface area is 189 Å². The van der Waals surface area contributed by atoms with E-state index in [-0.39, 0.29) is 24.3 Å². The van der Waals surface area contributed by atoms with Crippen LogP contribution in [0.1, 0.15) is 11.1 Å². The van der Waals surface area contributed by atoms with E-state index in [1.165, 1.54) is 11.1 Å². The Morgan fingerprint density at radius 2 is 1.67 bits per heavy atom. The number of amides is 2. The summed E-state index contributed by atoms with van der Waals surface area (Å²) < 4.78 is 38.0. The van der Waals surface area contributed by atoms with Crippen molar-refractivity contribution in [3.05, 3.63) is 65.9 Å². The Bertz CT molecular complexity index is 1150. The van der Waals surface area contributed by atoms with Crippen LogP contribution in [-0.2, 0) is 6.54 Å². The molecule has 1 N–H and O–H groups in total. The summed E-state index contributed by atoms with van der Waals surface area (Å²) in [5, 5.41) is 2.19. The van der Waals surface area contributed by atoms with Gasteiger partial charge in [0.25, 0.3) is 0 Å². The Balaban J connectivity index is 1.77. The maximum absolute atomic E-state index is 13.6. The van der Waals surface area contributed by atoms with Gasteiger partial charge in [-0.3, -0.25) is 4.90 Å². The molecule has 0 atom stereocenters. The highest BCUT2D eigenvalue weighted by molar-refractivity contribution is 6.10. The lowest BCUT2D eigenvalue weighted by atomic mass is 10.1. The van der Waals surface area contributed by atoms with Gasteiger partial charge in [-0.2, -0.15) is 18.2 Å². The van der Waals surface area contributed by atoms with Gasteiger partial charge in [-0.25, -0.2) is 14.7 Å². The number of fused-ring (bicyclic) bond motifs is 1. The lowest BCUT2D eigenvalue weighted by Gasteiger charge is -2.36. The van der Waals surface area contributed by atoms with Crippen LogP contribution in [0.2, 0.25) is 0 Å². The number of nitrogens with zero attached hydrogens (tertiary/aromatic N) is 5. The highest BCUT2D eigenvalue weighted by Gasteiger charge is 2.35. The largest absolute Gasteiger partial charge is 0.405 e. The number of carbonyl (C=O) groups is 1. The first-order valence-electron chi connectivity index (χ1n) is 10.2. The fourth-order valence-electron chi connectivity index (χ4n) is 3.48. The molecule has 0 saturated carbocycles. The van der Waals surface area contributed by atoms with E-state index in [1.54, 1.807) is 17.0 Å². The molecule has 1 aliphatic heterocycles. The summed E-state index contributed by atoms with van der Waals surface area (Å²) >= 11 is 0. The molecule has 10 heteroatoms. The van der Waals surface area contributed by atoms with E-state index in [4.69, 9.17) is 0 Å². The van der Waals surface area contributed by atoms with E-state index in [0.717, 1.165) is 11.3 Å². The van der Waals surface area contributed by atoms with Crippen LogP contribution in [-0.4, -0.2) is 42.8 Å². The van der Waals surface area contributed by atoms with Crippen molar-refractivity contribution in [3.8, 4) is 0 Å². The lowest BCUT2D eigenvalue weighted by molar-refractivity contribution is -0.115. The zero-order valence-electron chi connectivity index (χ0n) is 18.4. The van der Waals surface area contributed by atoms with Gasteiger partial charge in [0.05, 0.1) is 12.2 Å². The van der Waals surface area contributed by atoms with Crippen molar-refractivity contribution in [3.63, 3.8) is 0 Å². The molecule has 0 spiro atoms. The van der Waals surface area contributed by atoms with Crippen molar-refractivity contribution in [2.75, 3.05) is 40.7 Å². The minimum absolute atomic E-state index is 0.197. The third-order valence-corrected chi connectivity index (χ3v) is 5.22. The number of rotatable bonds is 5. The van der Waals surface area contributed by atoms with Gasteiger partial charge in [-0.15, -0.1) is 0 Å². The molecule has 1 aromatic heterocycles. The summed E-state index contributed by atoms with van der Waals surface area (Å²) in [6.45, 7) is 0.884. The second-order valence-corrected chi connectivity index (χ2v) is 7.96. The van der Waals surface area contributed by atoms with E-state index in [2.05, 4.69) is 15.3 Å². The number of halogens is 3. The SMILES string of the molecule is Cc1ccc(N2Cc3cnc(NCC(F)(F)F)nc3N(c3ccc(N(C)C)cc3)C2=O)cc1. The molecule has 1 aliphatic rings. The molecule has 3 aromatic rings. The van der Waals surface area contributed by atoms with Crippen LogP contribution in [0.5, 0.6) is 0 Å². The number of benzene rings is 2. The number of hydrogen-bond donors (Lipinski definition) is 1. The third kappa shape index (κ3) is 4.84. The molecule has 0 aliphatic carbocycles. The van der Waals surface area contributed by atoms with E-state index in [9.17, 15) is 18.0 Å². The van der Waals surface area contributed by atoms with E-state index < -0.39 is 12.7 Å². The van der Waals surface area contributed by atoms with Crippen molar-refractivity contribution in [2.24, 2.45) is 0 Å². The molecule has 0 radical (unpaired) electrons. The molecule has 2 heterocycles. The van der Waals surface area contributed by atoms with Gasteiger partial charge in [0.15, 0.2) is 5.82 Å². The van der Waals surface area contributed by atoms with Crippen molar-refractivity contribution in [2.45, 2.75) is 19.6 Å². The van der Waals surface area contributed by atoms with Gasteiger partial charge in [-0.1, -0.05) is 17.7 Å². The number of urea groups is 1. The average Bonchev–Trinajstić information content (AvgIpc) is 2.77. The topological polar surface area (TPSA) is 64.6 Å². The number of anilines is 5. The highest BCUT2D eigenvalue weighted by Crippen LogP contribution is 2.36. The number of aromatic nitrogens is 2. The Kier molecular flexibility index (Phi) is 5.84. The first kappa shape index (κ1) is 22.4. The number of alkyl halides is 3. The lowest BCUT2D eigenvalue weighted by Crippen LogP contribution is -2.45. The molecule has 172 valence electrons. The molecular formula is C23H23F3N6O. The number of carbonyl (C=O) groups excluding carboxylic acids is 1. The van der Waals surface area contributed by atoms with Crippen LogP contribution in [0.15, 0.2) is 54.7 Å². The Morgan fingerprint density at radius 1 is 1.03 bits per heavy atom. The van der Waals surface area contributed by atoms with Crippen LogP contribution >= 0.6 is 0 Å². The molecule has 0 saturated heterocycles. The van der Waals surface area contributed by atoms with Gasteiger partial charge in [0.1, 0.15) is 6.54 Å². The molecular weight excluding hydrogens is 433 g/mol. The first-order chi connectivity index (χ1) is 15.6. The number of hydrogen-bond acceptors (Lipinski definition) is 5. The standard InChI is InChI=1S/C23H23F3N6O/c1-15-4-6-18(7-5-15)31-13-16-12-27-21(28-14-23(24,25)26)29-20(16)32(22(31)33)19-10-8-17(9-11-19)30(2)3/h4-12H,13-14H2,1-3H3,(H,27,28,29). The molecule has 2 amide bonds. The molecule has 2 aromatic carbocycles. The smallest absolute Gasteiger partial charge is 0.378 e. The summed E-state index contributed by atoms with van der Waals surface area (Å²) in [5.74, 6) is 0.0539. The van der Waals surface area contributed by atoms with E-state index in [0.29, 0.717) is 16.9 Å². The average molecular weight is 456 g/mol. The van der Waals surface area contributed by atoms with Crippen molar-refractivity contribution < 1.29 is 18.0 Å². The summed E-state index contributed by atoms with van der Waals surface area (Å²) in [5.41, 5.74) is 3.86. The predicted molar refractivity (Wildman–Crippen MR) is 122 cm³/mol. The second-order valence-electron chi connectivity index (χ2n) is 7.96. The van der Waals surface area contributed by atoms with Gasteiger partial charge < -0.3 is 10.2 Å². The quantitative estimate of drug-likeness (QED) is 0.579. The van der Waals surface area contributed by atoms with Crippen LogP contribution in [0.25, 0.3) is 0 Å². The van der Waals surface area contributed by atoms with Gasteiger partial charge in [-0.05, 0) is 43.3 Å². The zero-order chi connectivity index (χ0) is 23.8. The first-order valence-corrected chi connectivity index (χ1v) is 10.2. The normalized spacial score (nSPS) is 13.7.